The number of amides is 2. The molecule has 2 aromatic rings. The van der Waals surface area contributed by atoms with Crippen LogP contribution in [0.5, 0.6) is 0 Å². The molecule has 0 aromatic heterocycles. The first kappa shape index (κ1) is 18.6. The quantitative estimate of drug-likeness (QED) is 0.632. The molecule has 1 unspecified atom stereocenters. The zero-order valence-corrected chi connectivity index (χ0v) is 15.6. The van der Waals surface area contributed by atoms with Gasteiger partial charge < -0.3 is 4.90 Å². The van der Waals surface area contributed by atoms with Crippen molar-refractivity contribution in [3.8, 4) is 11.1 Å². The maximum Gasteiger partial charge on any atom is 0.256 e. The first-order valence-electron chi connectivity index (χ1n) is 9.72. The fourth-order valence-electron chi connectivity index (χ4n) is 4.21. The Morgan fingerprint density at radius 3 is 2.50 bits per heavy atom. The van der Waals surface area contributed by atoms with Gasteiger partial charge in [0.05, 0.1) is 5.56 Å². The normalized spacial score (nSPS) is 18.6. The molecule has 1 saturated heterocycles. The Kier molecular flexibility index (Phi) is 5.13. The summed E-state index contributed by atoms with van der Waals surface area (Å²) in [7, 11) is 0. The third-order valence-corrected chi connectivity index (χ3v) is 5.84. The molecule has 6 heteroatoms. The number of hydrogen-bond donors (Lipinski definition) is 2. The maximum absolute atomic E-state index is 14.3. The van der Waals surface area contributed by atoms with Gasteiger partial charge in [0.2, 0.25) is 5.91 Å². The van der Waals surface area contributed by atoms with Gasteiger partial charge in [0.25, 0.3) is 5.91 Å². The molecule has 1 heterocycles. The van der Waals surface area contributed by atoms with E-state index < -0.39 is 5.82 Å². The van der Waals surface area contributed by atoms with Crippen molar-refractivity contribution >= 4 is 11.8 Å². The summed E-state index contributed by atoms with van der Waals surface area (Å²) in [6, 6.07) is 10.7. The Morgan fingerprint density at radius 1 is 1.04 bits per heavy atom. The van der Waals surface area contributed by atoms with Crippen LogP contribution in [0.25, 0.3) is 11.1 Å². The van der Waals surface area contributed by atoms with Gasteiger partial charge in [-0.25, -0.2) is 9.87 Å². The molecular formula is C22H23FN2O3. The van der Waals surface area contributed by atoms with Crippen LogP contribution in [-0.4, -0.2) is 35.0 Å². The molecule has 2 amide bonds. The van der Waals surface area contributed by atoms with Crippen molar-refractivity contribution in [2.24, 2.45) is 5.92 Å². The number of rotatable bonds is 3. The highest BCUT2D eigenvalue weighted by Crippen LogP contribution is 2.31. The number of aryl methyl sites for hydroxylation is 1. The van der Waals surface area contributed by atoms with E-state index in [4.69, 9.17) is 5.21 Å². The van der Waals surface area contributed by atoms with Crippen molar-refractivity contribution in [2.45, 2.75) is 32.1 Å². The lowest BCUT2D eigenvalue weighted by Gasteiger charge is -2.23. The second-order valence-corrected chi connectivity index (χ2v) is 7.59. The van der Waals surface area contributed by atoms with Crippen molar-refractivity contribution in [3.63, 3.8) is 0 Å². The van der Waals surface area contributed by atoms with Gasteiger partial charge in [0.15, 0.2) is 0 Å². The molecule has 1 aliphatic carbocycles. The van der Waals surface area contributed by atoms with Crippen LogP contribution in [0, 0.1) is 11.7 Å². The standard InChI is InChI=1S/C22H23FN2O3/c23-20-8-7-16(13-19(20)22(27)25-9-1-2-10-25)15-5-3-14-4-6-17(21(26)24-28)12-18(14)11-15/h3,5,7-8,11,13,17,28H,1-2,4,6,9-10,12H2,(H,24,26). The summed E-state index contributed by atoms with van der Waals surface area (Å²) >= 11 is 0. The van der Waals surface area contributed by atoms with Crippen LogP contribution in [0.3, 0.4) is 0 Å². The van der Waals surface area contributed by atoms with Crippen molar-refractivity contribution in [1.82, 2.24) is 10.4 Å². The number of likely N-dealkylation sites (tertiary alicyclic amines) is 1. The SMILES string of the molecule is O=C(NO)C1CCc2ccc(-c3ccc(F)c(C(=O)N4CCCC4)c3)cc2C1. The van der Waals surface area contributed by atoms with Crippen molar-refractivity contribution < 1.29 is 19.2 Å². The van der Waals surface area contributed by atoms with E-state index in [1.165, 1.54) is 11.6 Å². The fourth-order valence-corrected chi connectivity index (χ4v) is 4.21. The number of fused-ring (bicyclic) bond motifs is 1. The summed E-state index contributed by atoms with van der Waals surface area (Å²) in [5, 5.41) is 8.90. The lowest BCUT2D eigenvalue weighted by molar-refractivity contribution is -0.133. The molecule has 28 heavy (non-hydrogen) atoms. The minimum atomic E-state index is -0.502. The lowest BCUT2D eigenvalue weighted by atomic mass is 9.82. The Bertz CT molecular complexity index is 922. The highest BCUT2D eigenvalue weighted by molar-refractivity contribution is 5.96. The summed E-state index contributed by atoms with van der Waals surface area (Å²) < 4.78 is 14.3. The molecular weight excluding hydrogens is 359 g/mol. The Balaban J connectivity index is 1.64. The van der Waals surface area contributed by atoms with E-state index in [1.54, 1.807) is 22.5 Å². The second-order valence-electron chi connectivity index (χ2n) is 7.59. The van der Waals surface area contributed by atoms with Gasteiger partial charge in [-0.05, 0) is 66.5 Å². The topological polar surface area (TPSA) is 69.6 Å². The zero-order valence-electron chi connectivity index (χ0n) is 15.6. The van der Waals surface area contributed by atoms with Crippen LogP contribution in [0.2, 0.25) is 0 Å². The maximum atomic E-state index is 14.3. The van der Waals surface area contributed by atoms with Gasteiger partial charge in [-0.2, -0.15) is 0 Å². The van der Waals surface area contributed by atoms with Crippen LogP contribution < -0.4 is 5.48 Å². The van der Waals surface area contributed by atoms with Crippen molar-refractivity contribution in [3.05, 3.63) is 58.9 Å². The molecule has 0 bridgehead atoms. The van der Waals surface area contributed by atoms with Crippen LogP contribution in [0.4, 0.5) is 4.39 Å². The predicted molar refractivity (Wildman–Crippen MR) is 102 cm³/mol. The van der Waals surface area contributed by atoms with Gasteiger partial charge in [0.1, 0.15) is 5.82 Å². The minimum absolute atomic E-state index is 0.106. The molecule has 1 aliphatic heterocycles. The van der Waals surface area contributed by atoms with Crippen LogP contribution >= 0.6 is 0 Å². The molecule has 0 spiro atoms. The molecule has 0 saturated carbocycles. The number of carbonyl (C=O) groups is 2. The third kappa shape index (κ3) is 3.52. The monoisotopic (exact) mass is 382 g/mol. The smallest absolute Gasteiger partial charge is 0.256 e. The minimum Gasteiger partial charge on any atom is -0.339 e. The first-order valence-corrected chi connectivity index (χ1v) is 9.72. The summed E-state index contributed by atoms with van der Waals surface area (Å²) in [5.74, 6) is -1.38. The van der Waals surface area contributed by atoms with Gasteiger partial charge >= 0.3 is 0 Å². The average Bonchev–Trinajstić information content (AvgIpc) is 3.27. The molecule has 2 aromatic carbocycles. The number of benzene rings is 2. The summed E-state index contributed by atoms with van der Waals surface area (Å²) in [6.07, 6.45) is 3.94. The molecule has 5 nitrogen and oxygen atoms in total. The summed E-state index contributed by atoms with van der Waals surface area (Å²) in [4.78, 5) is 26.1. The van der Waals surface area contributed by atoms with Crippen molar-refractivity contribution in [2.75, 3.05) is 13.1 Å². The largest absolute Gasteiger partial charge is 0.339 e. The second kappa shape index (κ2) is 7.72. The van der Waals surface area contributed by atoms with Crippen LogP contribution in [0.15, 0.2) is 36.4 Å². The Morgan fingerprint density at radius 2 is 1.75 bits per heavy atom. The van der Waals surface area contributed by atoms with Gasteiger partial charge in [0, 0.05) is 19.0 Å². The number of nitrogens with zero attached hydrogens (tertiary/aromatic N) is 1. The number of hydrogen-bond acceptors (Lipinski definition) is 3. The number of hydroxylamine groups is 1. The number of nitrogens with one attached hydrogen (secondary N) is 1. The van der Waals surface area contributed by atoms with E-state index in [2.05, 4.69) is 0 Å². The predicted octanol–water partition coefficient (Wildman–Crippen LogP) is 3.34. The Hall–Kier alpha value is -2.73. The van der Waals surface area contributed by atoms with E-state index in [0.29, 0.717) is 25.9 Å². The molecule has 4 rings (SSSR count). The number of halogens is 1. The Labute approximate surface area is 163 Å². The molecule has 146 valence electrons. The van der Waals surface area contributed by atoms with E-state index >= 15 is 0 Å². The van der Waals surface area contributed by atoms with Crippen LogP contribution in [-0.2, 0) is 17.6 Å². The summed E-state index contributed by atoms with van der Waals surface area (Å²) in [6.45, 7) is 1.35. The zero-order chi connectivity index (χ0) is 19.7. The molecule has 2 aliphatic rings. The van der Waals surface area contributed by atoms with Crippen molar-refractivity contribution in [1.29, 1.82) is 0 Å². The average molecular weight is 382 g/mol. The third-order valence-electron chi connectivity index (χ3n) is 5.84. The number of carbonyl (C=O) groups excluding carboxylic acids is 2. The van der Waals surface area contributed by atoms with Gasteiger partial charge in [-0.1, -0.05) is 24.3 Å². The van der Waals surface area contributed by atoms with E-state index in [9.17, 15) is 14.0 Å². The van der Waals surface area contributed by atoms with E-state index in [1.807, 2.05) is 18.2 Å². The van der Waals surface area contributed by atoms with Gasteiger partial charge in [-0.3, -0.25) is 14.8 Å². The summed E-state index contributed by atoms with van der Waals surface area (Å²) in [5.41, 5.74) is 5.75. The first-order chi connectivity index (χ1) is 13.6. The highest BCUT2D eigenvalue weighted by Gasteiger charge is 2.25. The van der Waals surface area contributed by atoms with Gasteiger partial charge in [-0.15, -0.1) is 0 Å². The fraction of sp³-hybridized carbons (Fsp3) is 0.364. The molecule has 1 atom stereocenters. The van der Waals surface area contributed by atoms with Crippen LogP contribution in [0.1, 0.15) is 40.7 Å². The molecule has 2 N–H and O–H groups in total. The van der Waals surface area contributed by atoms with E-state index in [-0.39, 0.29) is 23.3 Å². The van der Waals surface area contributed by atoms with E-state index in [0.717, 1.165) is 36.0 Å². The molecule has 0 radical (unpaired) electrons. The lowest BCUT2D eigenvalue weighted by Crippen LogP contribution is -2.31. The molecule has 1 fully saturated rings. The highest BCUT2D eigenvalue weighted by atomic mass is 19.1.